The van der Waals surface area contributed by atoms with Crippen LogP contribution in [0.2, 0.25) is 0 Å². The maximum absolute atomic E-state index is 10.8. The van der Waals surface area contributed by atoms with E-state index >= 15 is 0 Å². The number of aliphatic carboxylic acids is 1. The van der Waals surface area contributed by atoms with E-state index < -0.39 is 5.97 Å². The van der Waals surface area contributed by atoms with Gasteiger partial charge in [-0.05, 0) is 24.5 Å². The van der Waals surface area contributed by atoms with Crippen molar-refractivity contribution in [2.45, 2.75) is 39.0 Å². The Bertz CT molecular complexity index is 752. The van der Waals surface area contributed by atoms with Gasteiger partial charge in [-0.25, -0.2) is 15.0 Å². The van der Waals surface area contributed by atoms with Gasteiger partial charge in [0, 0.05) is 5.75 Å². The number of nitrogens with two attached hydrogens (primary N) is 1. The van der Waals surface area contributed by atoms with E-state index in [-0.39, 0.29) is 18.2 Å². The molecular formula is C16H23N5O3S. The Kier molecular flexibility index (Phi) is 5.43. The molecule has 136 valence electrons. The third-order valence-electron chi connectivity index (χ3n) is 4.64. The van der Waals surface area contributed by atoms with E-state index in [2.05, 4.69) is 21.9 Å². The zero-order chi connectivity index (χ0) is 18.0. The zero-order valence-corrected chi connectivity index (χ0v) is 15.1. The molecule has 3 N–H and O–H groups in total. The highest BCUT2D eigenvalue weighted by atomic mass is 32.2. The van der Waals surface area contributed by atoms with Crippen LogP contribution >= 0.6 is 11.8 Å². The maximum atomic E-state index is 10.8. The second-order valence-electron chi connectivity index (χ2n) is 6.53. The van der Waals surface area contributed by atoms with Crippen molar-refractivity contribution < 1.29 is 14.6 Å². The molecule has 2 aromatic rings. The molecule has 8 nitrogen and oxygen atoms in total. The Labute approximate surface area is 150 Å². The van der Waals surface area contributed by atoms with Gasteiger partial charge in [-0.3, -0.25) is 9.36 Å². The third-order valence-corrected chi connectivity index (χ3v) is 5.72. The highest BCUT2D eigenvalue weighted by Gasteiger charge is 2.34. The van der Waals surface area contributed by atoms with Gasteiger partial charge in [0.25, 0.3) is 0 Å². The average Bonchev–Trinajstić information content (AvgIpc) is 3.16. The van der Waals surface area contributed by atoms with Crippen LogP contribution in [-0.2, 0) is 9.53 Å². The average molecular weight is 365 g/mol. The number of nitrogen functional groups attached to an aromatic ring is 1. The Hall–Kier alpha value is -1.87. The summed E-state index contributed by atoms with van der Waals surface area (Å²) in [6.07, 6.45) is 4.71. The first-order valence-corrected chi connectivity index (χ1v) is 9.51. The number of nitrogens with zero attached hydrogens (tertiary/aromatic N) is 4. The molecular weight excluding hydrogens is 342 g/mol. The fourth-order valence-corrected chi connectivity index (χ4v) is 4.23. The topological polar surface area (TPSA) is 116 Å². The van der Waals surface area contributed by atoms with Gasteiger partial charge < -0.3 is 15.6 Å². The summed E-state index contributed by atoms with van der Waals surface area (Å²) >= 11 is 1.75. The highest BCUT2D eigenvalue weighted by molar-refractivity contribution is 7.99. The van der Waals surface area contributed by atoms with Crippen LogP contribution < -0.4 is 5.73 Å². The number of carboxylic acids is 1. The minimum Gasteiger partial charge on any atom is -0.481 e. The molecule has 9 heteroatoms. The lowest BCUT2D eigenvalue weighted by Crippen LogP contribution is -2.18. The summed E-state index contributed by atoms with van der Waals surface area (Å²) < 4.78 is 8.12. The van der Waals surface area contributed by atoms with Gasteiger partial charge in [0.2, 0.25) is 0 Å². The second-order valence-corrected chi connectivity index (χ2v) is 7.68. The number of hydrogen-bond donors (Lipinski definition) is 2. The molecule has 0 bridgehead atoms. The lowest BCUT2D eigenvalue weighted by molar-refractivity contribution is -0.141. The van der Waals surface area contributed by atoms with Crippen molar-refractivity contribution in [1.29, 1.82) is 0 Å². The molecule has 0 aromatic carbocycles. The Morgan fingerprint density at radius 2 is 2.32 bits per heavy atom. The number of carboxylic acid groups (broad SMARTS) is 1. The number of carbonyl (C=O) groups is 1. The van der Waals surface area contributed by atoms with E-state index in [9.17, 15) is 4.79 Å². The van der Waals surface area contributed by atoms with Crippen LogP contribution in [0, 0.1) is 11.8 Å². The SMILES string of the molecule is CC1C[C@H](n2cnc3c(N)ncnc32)O[C@@H]1CSCC[C@H](C)C(=O)O. The molecule has 0 spiro atoms. The molecule has 1 unspecified atom stereocenters. The molecule has 1 fully saturated rings. The van der Waals surface area contributed by atoms with Gasteiger partial charge in [0.15, 0.2) is 11.5 Å². The van der Waals surface area contributed by atoms with E-state index in [0.29, 0.717) is 29.3 Å². The summed E-state index contributed by atoms with van der Waals surface area (Å²) in [5.74, 6) is 1.42. The summed E-state index contributed by atoms with van der Waals surface area (Å²) in [6, 6.07) is 0. The van der Waals surface area contributed by atoms with Crippen molar-refractivity contribution in [3.63, 3.8) is 0 Å². The van der Waals surface area contributed by atoms with Crippen molar-refractivity contribution in [3.05, 3.63) is 12.7 Å². The first kappa shape index (κ1) is 17.9. The van der Waals surface area contributed by atoms with Crippen molar-refractivity contribution in [1.82, 2.24) is 19.5 Å². The number of rotatable bonds is 7. The van der Waals surface area contributed by atoms with Gasteiger partial charge in [0.1, 0.15) is 18.1 Å². The molecule has 3 heterocycles. The summed E-state index contributed by atoms with van der Waals surface area (Å²) in [5, 5.41) is 8.92. The summed E-state index contributed by atoms with van der Waals surface area (Å²) in [5.41, 5.74) is 7.12. The molecule has 25 heavy (non-hydrogen) atoms. The van der Waals surface area contributed by atoms with E-state index in [0.717, 1.165) is 17.9 Å². The molecule has 3 rings (SSSR count). The first-order chi connectivity index (χ1) is 12.0. The van der Waals surface area contributed by atoms with Crippen LogP contribution in [0.1, 0.15) is 32.9 Å². The highest BCUT2D eigenvalue weighted by Crippen LogP contribution is 2.36. The van der Waals surface area contributed by atoms with Crippen LogP contribution in [0.5, 0.6) is 0 Å². The molecule has 0 saturated carbocycles. The largest absolute Gasteiger partial charge is 0.481 e. The second kappa shape index (κ2) is 7.57. The number of thioether (sulfide) groups is 1. The van der Waals surface area contributed by atoms with Crippen LogP contribution in [-0.4, -0.2) is 48.2 Å². The number of ether oxygens (including phenoxy) is 1. The lowest BCUT2D eigenvalue weighted by Gasteiger charge is -2.16. The maximum Gasteiger partial charge on any atom is 0.306 e. The number of imidazole rings is 1. The van der Waals surface area contributed by atoms with Crippen LogP contribution in [0.25, 0.3) is 11.2 Å². The monoisotopic (exact) mass is 365 g/mol. The van der Waals surface area contributed by atoms with Gasteiger partial charge >= 0.3 is 5.97 Å². The van der Waals surface area contributed by atoms with Crippen LogP contribution in [0.4, 0.5) is 5.82 Å². The first-order valence-electron chi connectivity index (χ1n) is 8.36. The predicted octanol–water partition coefficient (Wildman–Crippen LogP) is 2.18. The Balaban J connectivity index is 1.58. The van der Waals surface area contributed by atoms with Crippen molar-refractivity contribution in [2.75, 3.05) is 17.2 Å². The summed E-state index contributed by atoms with van der Waals surface area (Å²) in [6.45, 7) is 3.92. The fourth-order valence-electron chi connectivity index (χ4n) is 2.91. The number of fused-ring (bicyclic) bond motifs is 1. The minimum atomic E-state index is -0.737. The van der Waals surface area contributed by atoms with Gasteiger partial charge in [-0.1, -0.05) is 13.8 Å². The Morgan fingerprint density at radius 3 is 3.08 bits per heavy atom. The zero-order valence-electron chi connectivity index (χ0n) is 14.3. The van der Waals surface area contributed by atoms with Gasteiger partial charge in [-0.15, -0.1) is 0 Å². The molecule has 0 amide bonds. The van der Waals surface area contributed by atoms with Gasteiger partial charge in [0.05, 0.1) is 18.3 Å². The Morgan fingerprint density at radius 1 is 1.52 bits per heavy atom. The number of aromatic nitrogens is 4. The van der Waals surface area contributed by atoms with Gasteiger partial charge in [-0.2, -0.15) is 11.8 Å². The van der Waals surface area contributed by atoms with Crippen molar-refractivity contribution >= 4 is 34.7 Å². The minimum absolute atomic E-state index is 0.113. The molecule has 4 atom stereocenters. The number of anilines is 1. The smallest absolute Gasteiger partial charge is 0.306 e. The normalized spacial score (nSPS) is 24.6. The molecule has 2 aromatic heterocycles. The van der Waals surface area contributed by atoms with Crippen molar-refractivity contribution in [2.24, 2.45) is 11.8 Å². The van der Waals surface area contributed by atoms with E-state index in [1.807, 2.05) is 4.57 Å². The standard InChI is InChI=1S/C16H23N5O3S/c1-9(16(22)23)3-4-25-6-11-10(2)5-12(24-11)21-8-20-13-14(17)18-7-19-15(13)21/h7-12H,3-6H2,1-2H3,(H,22,23)(H2,17,18,19)/t9-,10?,11+,12+/m0/s1. The molecule has 1 aliphatic rings. The number of hydrogen-bond acceptors (Lipinski definition) is 7. The molecule has 1 saturated heterocycles. The van der Waals surface area contributed by atoms with Crippen molar-refractivity contribution in [3.8, 4) is 0 Å². The summed E-state index contributed by atoms with van der Waals surface area (Å²) in [4.78, 5) is 23.4. The summed E-state index contributed by atoms with van der Waals surface area (Å²) in [7, 11) is 0. The quantitative estimate of drug-likeness (QED) is 0.717. The van der Waals surface area contributed by atoms with E-state index in [1.54, 1.807) is 25.0 Å². The molecule has 0 radical (unpaired) electrons. The fraction of sp³-hybridized carbons (Fsp3) is 0.625. The predicted molar refractivity (Wildman–Crippen MR) is 96.2 cm³/mol. The van der Waals surface area contributed by atoms with Crippen LogP contribution in [0.3, 0.4) is 0 Å². The van der Waals surface area contributed by atoms with E-state index in [1.165, 1.54) is 6.33 Å². The molecule has 1 aliphatic heterocycles. The molecule has 0 aliphatic carbocycles. The van der Waals surface area contributed by atoms with E-state index in [4.69, 9.17) is 15.6 Å². The van der Waals surface area contributed by atoms with Crippen LogP contribution in [0.15, 0.2) is 12.7 Å². The third kappa shape index (κ3) is 3.87. The lowest BCUT2D eigenvalue weighted by atomic mass is 10.1.